The Kier molecular flexibility index (Phi) is 5.79. The van der Waals surface area contributed by atoms with Gasteiger partial charge in [-0.25, -0.2) is 4.98 Å². The van der Waals surface area contributed by atoms with Gasteiger partial charge in [0.25, 0.3) is 5.56 Å². The predicted molar refractivity (Wildman–Crippen MR) is 90.9 cm³/mol. The van der Waals surface area contributed by atoms with Gasteiger partial charge in [-0.1, -0.05) is 6.92 Å². The lowest BCUT2D eigenvalue weighted by Gasteiger charge is -2.06. The van der Waals surface area contributed by atoms with Crippen LogP contribution in [0.2, 0.25) is 0 Å². The minimum absolute atomic E-state index is 0. The number of nitrogens with one attached hydrogen (secondary N) is 1. The molecule has 1 N–H and O–H groups in total. The summed E-state index contributed by atoms with van der Waals surface area (Å²) in [6.45, 7) is 3.93. The molecule has 3 aromatic heterocycles. The number of aromatic amines is 1. The Morgan fingerprint density at radius 3 is 2.64 bits per heavy atom. The van der Waals surface area contributed by atoms with Gasteiger partial charge in [-0.15, -0.1) is 24.8 Å². The molecular formula is C14H18Cl2N4O2. The highest BCUT2D eigenvalue weighted by Gasteiger charge is 2.15. The topological polar surface area (TPSA) is 72.3 Å². The smallest absolute Gasteiger partial charge is 0.274 e. The number of fused-ring (bicyclic) bond motifs is 3. The maximum Gasteiger partial charge on any atom is 0.274 e. The largest absolute Gasteiger partial charge is 0.481 e. The Balaban J connectivity index is 0.00000121. The SMILES string of the molecule is CCCc1nc(C)c2c(=O)[nH]c3ccc(OC)nc3n12.Cl.Cl. The second-order valence-electron chi connectivity index (χ2n) is 4.73. The van der Waals surface area contributed by atoms with Crippen molar-refractivity contribution in [3.8, 4) is 5.88 Å². The van der Waals surface area contributed by atoms with Gasteiger partial charge in [0.1, 0.15) is 11.3 Å². The van der Waals surface area contributed by atoms with Crippen molar-refractivity contribution in [2.45, 2.75) is 26.7 Å². The molecule has 0 spiro atoms. The molecule has 0 radical (unpaired) electrons. The van der Waals surface area contributed by atoms with E-state index in [0.717, 1.165) is 24.4 Å². The Hall–Kier alpha value is -1.79. The van der Waals surface area contributed by atoms with Crippen LogP contribution in [0.4, 0.5) is 0 Å². The number of ether oxygens (including phenoxy) is 1. The van der Waals surface area contributed by atoms with Crippen LogP contribution in [0.25, 0.3) is 16.7 Å². The third-order valence-electron chi connectivity index (χ3n) is 3.33. The first-order valence-electron chi connectivity index (χ1n) is 6.60. The Labute approximate surface area is 139 Å². The molecule has 3 rings (SSSR count). The average molecular weight is 345 g/mol. The summed E-state index contributed by atoms with van der Waals surface area (Å²) in [6, 6.07) is 3.53. The van der Waals surface area contributed by atoms with Gasteiger partial charge in [0.05, 0.1) is 18.3 Å². The van der Waals surface area contributed by atoms with Gasteiger partial charge in [0.15, 0.2) is 5.65 Å². The number of aromatic nitrogens is 4. The predicted octanol–water partition coefficient (Wildman–Crippen LogP) is 2.68. The van der Waals surface area contributed by atoms with Gasteiger partial charge in [0, 0.05) is 12.5 Å². The zero-order chi connectivity index (χ0) is 14.3. The molecule has 120 valence electrons. The van der Waals surface area contributed by atoms with Crippen molar-refractivity contribution < 1.29 is 4.74 Å². The van der Waals surface area contributed by atoms with Crippen molar-refractivity contribution in [1.29, 1.82) is 0 Å². The maximum absolute atomic E-state index is 12.2. The van der Waals surface area contributed by atoms with Crippen LogP contribution >= 0.6 is 24.8 Å². The molecular weight excluding hydrogens is 327 g/mol. The molecule has 0 aliphatic rings. The van der Waals surface area contributed by atoms with Crippen LogP contribution in [-0.4, -0.2) is 26.5 Å². The van der Waals surface area contributed by atoms with E-state index < -0.39 is 0 Å². The molecule has 0 aliphatic heterocycles. The minimum atomic E-state index is -0.142. The fourth-order valence-corrected chi connectivity index (χ4v) is 2.47. The molecule has 0 aromatic carbocycles. The second kappa shape index (κ2) is 6.98. The normalized spacial score (nSPS) is 10.3. The first-order chi connectivity index (χ1) is 9.65. The first-order valence-corrected chi connectivity index (χ1v) is 6.60. The molecule has 3 heterocycles. The lowest BCUT2D eigenvalue weighted by molar-refractivity contribution is 0.399. The van der Waals surface area contributed by atoms with Crippen molar-refractivity contribution in [3.05, 3.63) is 34.0 Å². The van der Waals surface area contributed by atoms with E-state index in [1.807, 2.05) is 11.3 Å². The standard InChI is InChI=1S/C14H16N4O2.2ClH/c1-4-5-10-15-8(2)12-14(19)16-9-6-7-11(20-3)17-13(9)18(10)12;;/h6-7H,4-5H2,1-3H3,(H,16,19);2*1H. The number of pyridine rings is 1. The number of methoxy groups -OCH3 is 1. The molecule has 6 nitrogen and oxygen atoms in total. The van der Waals surface area contributed by atoms with Gasteiger partial charge in [0.2, 0.25) is 5.88 Å². The van der Waals surface area contributed by atoms with E-state index >= 15 is 0 Å². The van der Waals surface area contributed by atoms with Gasteiger partial charge in [-0.3, -0.25) is 9.20 Å². The van der Waals surface area contributed by atoms with Crippen LogP contribution in [0.1, 0.15) is 24.9 Å². The van der Waals surface area contributed by atoms with Crippen molar-refractivity contribution in [3.63, 3.8) is 0 Å². The maximum atomic E-state index is 12.2. The minimum Gasteiger partial charge on any atom is -0.481 e. The van der Waals surface area contributed by atoms with Crippen molar-refractivity contribution in [2.75, 3.05) is 7.11 Å². The highest BCUT2D eigenvalue weighted by atomic mass is 35.5. The summed E-state index contributed by atoms with van der Waals surface area (Å²) < 4.78 is 7.01. The highest BCUT2D eigenvalue weighted by molar-refractivity contribution is 5.85. The number of halogens is 2. The van der Waals surface area contributed by atoms with Gasteiger partial charge < -0.3 is 9.72 Å². The fraction of sp³-hybridized carbons (Fsp3) is 0.357. The van der Waals surface area contributed by atoms with Crippen molar-refractivity contribution in [1.82, 2.24) is 19.4 Å². The summed E-state index contributed by atoms with van der Waals surface area (Å²) in [7, 11) is 1.57. The molecule has 3 aromatic rings. The Morgan fingerprint density at radius 2 is 2.00 bits per heavy atom. The lowest BCUT2D eigenvalue weighted by Crippen LogP contribution is -2.13. The third-order valence-corrected chi connectivity index (χ3v) is 3.33. The molecule has 8 heteroatoms. The lowest BCUT2D eigenvalue weighted by atomic mass is 10.3. The van der Waals surface area contributed by atoms with E-state index in [4.69, 9.17) is 4.74 Å². The first kappa shape index (κ1) is 18.3. The molecule has 0 saturated carbocycles. The monoisotopic (exact) mass is 344 g/mol. The molecule has 0 saturated heterocycles. The summed E-state index contributed by atoms with van der Waals surface area (Å²) >= 11 is 0. The molecule has 0 unspecified atom stereocenters. The molecule has 0 amide bonds. The quantitative estimate of drug-likeness (QED) is 0.792. The number of hydrogen-bond donors (Lipinski definition) is 1. The van der Waals surface area contributed by atoms with Crippen LogP contribution in [0.15, 0.2) is 16.9 Å². The zero-order valence-corrected chi connectivity index (χ0v) is 14.2. The van der Waals surface area contributed by atoms with Crippen molar-refractivity contribution in [2.24, 2.45) is 0 Å². The Morgan fingerprint density at radius 1 is 1.27 bits per heavy atom. The third kappa shape index (κ3) is 2.76. The number of hydrogen-bond acceptors (Lipinski definition) is 4. The number of H-pyrrole nitrogens is 1. The molecule has 0 bridgehead atoms. The number of rotatable bonds is 3. The van der Waals surface area contributed by atoms with E-state index in [1.54, 1.807) is 19.2 Å². The van der Waals surface area contributed by atoms with Crippen LogP contribution in [0.5, 0.6) is 5.88 Å². The van der Waals surface area contributed by atoms with E-state index in [2.05, 4.69) is 21.9 Å². The van der Waals surface area contributed by atoms with Crippen LogP contribution in [0.3, 0.4) is 0 Å². The highest BCUT2D eigenvalue weighted by Crippen LogP contribution is 2.19. The van der Waals surface area contributed by atoms with Gasteiger partial charge >= 0.3 is 0 Å². The number of imidazole rings is 1. The van der Waals surface area contributed by atoms with Gasteiger partial charge in [-0.2, -0.15) is 4.98 Å². The number of aryl methyl sites for hydroxylation is 2. The summed E-state index contributed by atoms with van der Waals surface area (Å²) in [5.74, 6) is 1.37. The van der Waals surface area contributed by atoms with Crippen LogP contribution in [0, 0.1) is 6.92 Å². The Bertz CT molecular complexity index is 857. The molecule has 0 atom stereocenters. The summed E-state index contributed by atoms with van der Waals surface area (Å²) in [5, 5.41) is 0. The van der Waals surface area contributed by atoms with Crippen molar-refractivity contribution >= 4 is 41.5 Å². The summed E-state index contributed by atoms with van der Waals surface area (Å²) in [4.78, 5) is 24.0. The van der Waals surface area contributed by atoms with E-state index in [9.17, 15) is 4.79 Å². The number of nitrogens with zero attached hydrogens (tertiary/aromatic N) is 3. The van der Waals surface area contributed by atoms with Crippen LogP contribution < -0.4 is 10.3 Å². The fourth-order valence-electron chi connectivity index (χ4n) is 2.47. The van der Waals surface area contributed by atoms with E-state index in [-0.39, 0.29) is 30.4 Å². The molecule has 22 heavy (non-hydrogen) atoms. The van der Waals surface area contributed by atoms with E-state index in [0.29, 0.717) is 22.6 Å². The summed E-state index contributed by atoms with van der Waals surface area (Å²) in [6.07, 6.45) is 1.75. The average Bonchev–Trinajstić information content (AvgIpc) is 2.77. The van der Waals surface area contributed by atoms with Crippen LogP contribution in [-0.2, 0) is 6.42 Å². The summed E-state index contributed by atoms with van der Waals surface area (Å²) in [5.41, 5.74) is 2.49. The van der Waals surface area contributed by atoms with Gasteiger partial charge in [-0.05, 0) is 19.4 Å². The second-order valence-corrected chi connectivity index (χ2v) is 4.73. The molecule has 0 aliphatic carbocycles. The molecule has 0 fully saturated rings. The van der Waals surface area contributed by atoms with E-state index in [1.165, 1.54) is 0 Å². The zero-order valence-electron chi connectivity index (χ0n) is 12.5.